The van der Waals surface area contributed by atoms with Gasteiger partial charge in [0.25, 0.3) is 0 Å². The third-order valence-electron chi connectivity index (χ3n) is 1.93. The minimum Gasteiger partial charge on any atom is -0.336 e. The van der Waals surface area contributed by atoms with Gasteiger partial charge in [-0.25, -0.2) is 4.68 Å². The Balaban J connectivity index is 2.43. The molecular formula is C8H8N4O2. The van der Waals surface area contributed by atoms with Crippen LogP contribution in [0.25, 0.3) is 5.82 Å². The monoisotopic (exact) mass is 192 g/mol. The molecule has 0 amide bonds. The molecule has 0 N–H and O–H groups in total. The first-order valence-electron chi connectivity index (χ1n) is 3.99. The summed E-state index contributed by atoms with van der Waals surface area (Å²) in [6, 6.07) is 3.68. The molecule has 72 valence electrons. The lowest BCUT2D eigenvalue weighted by Gasteiger charge is -2.00. The molecule has 0 saturated carbocycles. The highest BCUT2D eigenvalue weighted by Gasteiger charge is 2.10. The summed E-state index contributed by atoms with van der Waals surface area (Å²) in [5.41, 5.74) is -0.00815. The zero-order valence-corrected chi connectivity index (χ0v) is 7.49. The van der Waals surface area contributed by atoms with E-state index in [-0.39, 0.29) is 5.69 Å². The van der Waals surface area contributed by atoms with Crippen LogP contribution in [0.15, 0.2) is 30.7 Å². The largest absolute Gasteiger partial charge is 0.336 e. The summed E-state index contributed by atoms with van der Waals surface area (Å²) in [7, 11) is 1.85. The van der Waals surface area contributed by atoms with Crippen molar-refractivity contribution in [3.63, 3.8) is 0 Å². The fraction of sp³-hybridized carbons (Fsp3) is 0.125. The maximum atomic E-state index is 10.4. The number of nitrogens with zero attached hydrogens (tertiary/aromatic N) is 4. The number of hydrogen-bond donors (Lipinski definition) is 0. The summed E-state index contributed by atoms with van der Waals surface area (Å²) in [5, 5.41) is 14.3. The summed E-state index contributed by atoms with van der Waals surface area (Å²) in [6.07, 6.45) is 4.46. The molecule has 6 nitrogen and oxygen atoms in total. The first-order valence-corrected chi connectivity index (χ1v) is 3.99. The van der Waals surface area contributed by atoms with Crippen LogP contribution in [0.4, 0.5) is 5.69 Å². The number of rotatable bonds is 2. The maximum Gasteiger partial charge on any atom is 0.307 e. The van der Waals surface area contributed by atoms with E-state index < -0.39 is 4.92 Å². The van der Waals surface area contributed by atoms with Gasteiger partial charge in [-0.1, -0.05) is 0 Å². The van der Waals surface area contributed by atoms with E-state index in [0.29, 0.717) is 0 Å². The van der Waals surface area contributed by atoms with Crippen LogP contribution in [-0.4, -0.2) is 19.3 Å². The second-order valence-corrected chi connectivity index (χ2v) is 2.88. The second-order valence-electron chi connectivity index (χ2n) is 2.88. The molecule has 14 heavy (non-hydrogen) atoms. The van der Waals surface area contributed by atoms with Crippen molar-refractivity contribution in [2.75, 3.05) is 0 Å². The van der Waals surface area contributed by atoms with E-state index in [1.165, 1.54) is 17.1 Å². The molecule has 0 fully saturated rings. The minimum atomic E-state index is -0.466. The molecule has 0 aromatic carbocycles. The van der Waals surface area contributed by atoms with Crippen LogP contribution in [0.2, 0.25) is 0 Å². The smallest absolute Gasteiger partial charge is 0.307 e. The van der Waals surface area contributed by atoms with Gasteiger partial charge >= 0.3 is 5.69 Å². The quantitative estimate of drug-likeness (QED) is 0.529. The van der Waals surface area contributed by atoms with Crippen molar-refractivity contribution in [1.29, 1.82) is 0 Å². The van der Waals surface area contributed by atoms with Gasteiger partial charge in [0.2, 0.25) is 0 Å². The predicted octanol–water partition coefficient (Wildman–Crippen LogP) is 1.12. The zero-order chi connectivity index (χ0) is 10.1. The van der Waals surface area contributed by atoms with Gasteiger partial charge in [-0.2, -0.15) is 5.10 Å². The van der Waals surface area contributed by atoms with Gasteiger partial charge in [-0.15, -0.1) is 0 Å². The normalized spacial score (nSPS) is 10.4. The topological polar surface area (TPSA) is 65.9 Å². The van der Waals surface area contributed by atoms with Crippen LogP contribution in [0.5, 0.6) is 0 Å². The Hall–Kier alpha value is -2.11. The van der Waals surface area contributed by atoms with Crippen molar-refractivity contribution in [3.05, 3.63) is 40.8 Å². The summed E-state index contributed by atoms with van der Waals surface area (Å²) >= 11 is 0. The third kappa shape index (κ3) is 1.26. The molecule has 0 aliphatic heterocycles. The van der Waals surface area contributed by atoms with Gasteiger partial charge in [0, 0.05) is 13.2 Å². The fourth-order valence-electron chi connectivity index (χ4n) is 1.22. The number of hydrogen-bond acceptors (Lipinski definition) is 3. The van der Waals surface area contributed by atoms with E-state index in [4.69, 9.17) is 0 Å². The average Bonchev–Trinajstić information content (AvgIpc) is 2.71. The molecule has 0 unspecified atom stereocenters. The highest BCUT2D eigenvalue weighted by molar-refractivity contribution is 5.29. The molecule has 6 heteroatoms. The summed E-state index contributed by atoms with van der Waals surface area (Å²) in [4.78, 5) is 9.95. The van der Waals surface area contributed by atoms with Crippen LogP contribution in [0.3, 0.4) is 0 Å². The molecule has 0 spiro atoms. The molecular weight excluding hydrogens is 184 g/mol. The Morgan fingerprint density at radius 3 is 2.86 bits per heavy atom. The molecule has 2 rings (SSSR count). The number of nitro groups is 1. The maximum absolute atomic E-state index is 10.4. The number of aromatic nitrogens is 3. The van der Waals surface area contributed by atoms with Gasteiger partial charge < -0.3 is 4.57 Å². The Morgan fingerprint density at radius 2 is 2.36 bits per heavy atom. The molecule has 2 aromatic heterocycles. The van der Waals surface area contributed by atoms with Crippen LogP contribution in [-0.2, 0) is 7.05 Å². The van der Waals surface area contributed by atoms with E-state index >= 15 is 0 Å². The van der Waals surface area contributed by atoms with Crippen molar-refractivity contribution in [2.45, 2.75) is 0 Å². The molecule has 0 radical (unpaired) electrons. The number of aryl methyl sites for hydroxylation is 1. The van der Waals surface area contributed by atoms with E-state index in [0.717, 1.165) is 5.82 Å². The summed E-state index contributed by atoms with van der Waals surface area (Å²) in [6.45, 7) is 0. The first kappa shape index (κ1) is 8.49. The molecule has 0 aliphatic carbocycles. The Labute approximate surface area is 79.5 Å². The van der Waals surface area contributed by atoms with Crippen molar-refractivity contribution in [3.8, 4) is 5.82 Å². The standard InChI is InChI=1S/C8H8N4O2/c1-10-4-2-3-8(10)11-6-7(5-9-11)12(13)14/h2-6H,1H3. The fourth-order valence-corrected chi connectivity index (χ4v) is 1.22. The molecule has 0 atom stereocenters. The zero-order valence-electron chi connectivity index (χ0n) is 7.49. The van der Waals surface area contributed by atoms with Crippen molar-refractivity contribution in [2.24, 2.45) is 7.05 Å². The van der Waals surface area contributed by atoms with Crippen molar-refractivity contribution < 1.29 is 4.92 Å². The third-order valence-corrected chi connectivity index (χ3v) is 1.93. The van der Waals surface area contributed by atoms with Gasteiger partial charge in [0.1, 0.15) is 18.2 Å². The molecule has 2 aromatic rings. The molecule has 0 saturated heterocycles. The molecule has 2 heterocycles. The summed E-state index contributed by atoms with van der Waals surface area (Å²) < 4.78 is 3.30. The van der Waals surface area contributed by atoms with E-state index in [9.17, 15) is 10.1 Å². The SMILES string of the molecule is Cn1cccc1-n1cc([N+](=O)[O-])cn1. The van der Waals surface area contributed by atoms with Gasteiger partial charge in [-0.05, 0) is 12.1 Å². The van der Waals surface area contributed by atoms with E-state index in [2.05, 4.69) is 5.10 Å². The van der Waals surface area contributed by atoms with Crippen molar-refractivity contribution >= 4 is 5.69 Å². The van der Waals surface area contributed by atoms with Crippen LogP contribution in [0.1, 0.15) is 0 Å². The van der Waals surface area contributed by atoms with Gasteiger partial charge in [0.05, 0.1) is 4.92 Å². The second kappa shape index (κ2) is 2.99. The molecule has 0 bridgehead atoms. The van der Waals surface area contributed by atoms with Gasteiger partial charge in [0.15, 0.2) is 0 Å². The van der Waals surface area contributed by atoms with Crippen LogP contribution < -0.4 is 0 Å². The van der Waals surface area contributed by atoms with E-state index in [1.807, 2.05) is 29.9 Å². The lowest BCUT2D eigenvalue weighted by atomic mass is 10.6. The van der Waals surface area contributed by atoms with Crippen LogP contribution in [0, 0.1) is 10.1 Å². The van der Waals surface area contributed by atoms with Crippen molar-refractivity contribution in [1.82, 2.24) is 14.3 Å². The van der Waals surface area contributed by atoms with Gasteiger partial charge in [-0.3, -0.25) is 10.1 Å². The first-order chi connectivity index (χ1) is 6.68. The lowest BCUT2D eigenvalue weighted by molar-refractivity contribution is -0.384. The Kier molecular flexibility index (Phi) is 1.81. The highest BCUT2D eigenvalue weighted by atomic mass is 16.6. The Morgan fingerprint density at radius 1 is 1.57 bits per heavy atom. The molecule has 0 aliphatic rings. The Bertz CT molecular complexity index is 471. The summed E-state index contributed by atoms with van der Waals surface area (Å²) in [5.74, 6) is 0.790. The minimum absolute atomic E-state index is 0.00815. The average molecular weight is 192 g/mol. The predicted molar refractivity (Wildman–Crippen MR) is 49.2 cm³/mol. The highest BCUT2D eigenvalue weighted by Crippen LogP contribution is 2.12. The van der Waals surface area contributed by atoms with Crippen LogP contribution >= 0.6 is 0 Å². The van der Waals surface area contributed by atoms with E-state index in [1.54, 1.807) is 0 Å². The lowest BCUT2D eigenvalue weighted by Crippen LogP contribution is -2.00.